The van der Waals surface area contributed by atoms with E-state index in [0.717, 1.165) is 24.1 Å². The standard InChI is InChI=1S/C27H29NO6/c1-17-24(27(30)34-15-14-33-19-8-5-4-6-9-19)25(26-20(28-17)10-7-11-21(26)29)18-12-13-22(31-2)23(16-18)32-3/h4-6,8-9,12-13,16,25,28H,7,10-11,14-15H2,1-3H3/t25-/m1/s1. The van der Waals surface area contributed by atoms with Crippen LogP contribution in [-0.4, -0.2) is 39.2 Å². The van der Waals surface area contributed by atoms with Crippen molar-refractivity contribution in [3.63, 3.8) is 0 Å². The lowest BCUT2D eigenvalue weighted by Crippen LogP contribution is -2.34. The Labute approximate surface area is 199 Å². The van der Waals surface area contributed by atoms with E-state index in [4.69, 9.17) is 18.9 Å². The highest BCUT2D eigenvalue weighted by Crippen LogP contribution is 2.44. The lowest BCUT2D eigenvalue weighted by Gasteiger charge is -2.34. The number of dihydropyridines is 1. The molecule has 1 aliphatic carbocycles. The predicted octanol–water partition coefficient (Wildman–Crippen LogP) is 4.29. The Kier molecular flexibility index (Phi) is 7.21. The average molecular weight is 464 g/mol. The molecule has 34 heavy (non-hydrogen) atoms. The van der Waals surface area contributed by atoms with Gasteiger partial charge in [0.15, 0.2) is 17.3 Å². The molecule has 0 unspecified atom stereocenters. The van der Waals surface area contributed by atoms with Gasteiger partial charge in [0.05, 0.1) is 19.8 Å². The lowest BCUT2D eigenvalue weighted by atomic mass is 9.75. The van der Waals surface area contributed by atoms with Gasteiger partial charge in [-0.3, -0.25) is 4.79 Å². The summed E-state index contributed by atoms with van der Waals surface area (Å²) in [5.41, 5.74) is 3.37. The van der Waals surface area contributed by atoms with Crippen LogP contribution in [0.25, 0.3) is 0 Å². The number of methoxy groups -OCH3 is 2. The van der Waals surface area contributed by atoms with E-state index < -0.39 is 11.9 Å². The molecule has 4 rings (SSSR count). The Morgan fingerprint density at radius 3 is 2.50 bits per heavy atom. The number of ketones is 1. The van der Waals surface area contributed by atoms with Crippen molar-refractivity contribution in [2.45, 2.75) is 32.1 Å². The molecule has 2 aromatic carbocycles. The van der Waals surface area contributed by atoms with Crippen LogP contribution in [0.2, 0.25) is 0 Å². The normalized spacial score (nSPS) is 17.6. The minimum Gasteiger partial charge on any atom is -0.493 e. The van der Waals surface area contributed by atoms with Gasteiger partial charge in [-0.1, -0.05) is 24.3 Å². The molecule has 178 valence electrons. The monoisotopic (exact) mass is 463 g/mol. The van der Waals surface area contributed by atoms with Crippen LogP contribution in [-0.2, 0) is 14.3 Å². The van der Waals surface area contributed by atoms with Crippen molar-refractivity contribution < 1.29 is 28.5 Å². The number of hydrogen-bond acceptors (Lipinski definition) is 7. The van der Waals surface area contributed by atoms with Crippen molar-refractivity contribution in [2.75, 3.05) is 27.4 Å². The topological polar surface area (TPSA) is 83.1 Å². The van der Waals surface area contributed by atoms with Crippen LogP contribution < -0.4 is 19.5 Å². The minimum atomic E-state index is -0.550. The summed E-state index contributed by atoms with van der Waals surface area (Å²) in [7, 11) is 3.13. The van der Waals surface area contributed by atoms with Crippen molar-refractivity contribution in [1.29, 1.82) is 0 Å². The second kappa shape index (κ2) is 10.5. The molecule has 1 aliphatic heterocycles. The summed E-state index contributed by atoms with van der Waals surface area (Å²) in [6.45, 7) is 2.15. The maximum Gasteiger partial charge on any atom is 0.336 e. The van der Waals surface area contributed by atoms with Crippen LogP contribution in [0.1, 0.15) is 37.7 Å². The summed E-state index contributed by atoms with van der Waals surface area (Å²) < 4.78 is 22.1. The molecule has 7 nitrogen and oxygen atoms in total. The molecule has 0 saturated heterocycles. The average Bonchev–Trinajstić information content (AvgIpc) is 2.86. The first-order chi connectivity index (χ1) is 16.5. The number of carbonyl (C=O) groups is 2. The van der Waals surface area contributed by atoms with Gasteiger partial charge in [0, 0.05) is 29.3 Å². The molecule has 2 aliphatic rings. The maximum absolute atomic E-state index is 13.3. The van der Waals surface area contributed by atoms with Crippen LogP contribution >= 0.6 is 0 Å². The number of nitrogens with one attached hydrogen (secondary N) is 1. The van der Waals surface area contributed by atoms with Gasteiger partial charge in [-0.2, -0.15) is 0 Å². The second-order valence-electron chi connectivity index (χ2n) is 8.18. The van der Waals surface area contributed by atoms with E-state index in [2.05, 4.69) is 5.32 Å². The van der Waals surface area contributed by atoms with Gasteiger partial charge < -0.3 is 24.3 Å². The van der Waals surface area contributed by atoms with Gasteiger partial charge in [0.1, 0.15) is 19.0 Å². The third-order valence-corrected chi connectivity index (χ3v) is 6.07. The zero-order valence-electron chi connectivity index (χ0n) is 19.7. The minimum absolute atomic E-state index is 0.0405. The quantitative estimate of drug-likeness (QED) is 0.462. The van der Waals surface area contributed by atoms with Crippen molar-refractivity contribution in [1.82, 2.24) is 5.32 Å². The number of hydrogen-bond donors (Lipinski definition) is 1. The van der Waals surface area contributed by atoms with Crippen LogP contribution in [0.4, 0.5) is 0 Å². The Morgan fingerprint density at radius 2 is 1.76 bits per heavy atom. The van der Waals surface area contributed by atoms with E-state index in [9.17, 15) is 9.59 Å². The smallest absolute Gasteiger partial charge is 0.336 e. The predicted molar refractivity (Wildman–Crippen MR) is 127 cm³/mol. The van der Waals surface area contributed by atoms with Crippen LogP contribution in [0.3, 0.4) is 0 Å². The largest absolute Gasteiger partial charge is 0.493 e. The molecule has 0 bridgehead atoms. The van der Waals surface area contributed by atoms with Gasteiger partial charge in [-0.15, -0.1) is 0 Å². The zero-order valence-corrected chi connectivity index (χ0v) is 19.7. The molecule has 0 spiro atoms. The van der Waals surface area contributed by atoms with E-state index >= 15 is 0 Å². The van der Waals surface area contributed by atoms with Gasteiger partial charge >= 0.3 is 5.97 Å². The number of benzene rings is 2. The molecule has 7 heteroatoms. The Hall–Kier alpha value is -3.74. The van der Waals surface area contributed by atoms with E-state index in [1.54, 1.807) is 20.3 Å². The number of allylic oxidation sites excluding steroid dienone is 3. The van der Waals surface area contributed by atoms with E-state index in [0.29, 0.717) is 40.5 Å². The summed E-state index contributed by atoms with van der Waals surface area (Å²) in [5, 5.41) is 3.30. The molecule has 0 amide bonds. The molecule has 0 fully saturated rings. The molecule has 0 saturated carbocycles. The summed E-state index contributed by atoms with van der Waals surface area (Å²) >= 11 is 0. The zero-order chi connectivity index (χ0) is 24.1. The van der Waals surface area contributed by atoms with Crippen LogP contribution in [0, 0.1) is 0 Å². The number of rotatable bonds is 8. The van der Waals surface area contributed by atoms with Gasteiger partial charge in [0.2, 0.25) is 0 Å². The highest BCUT2D eigenvalue weighted by atomic mass is 16.6. The number of carbonyl (C=O) groups excluding carboxylic acids is 2. The van der Waals surface area contributed by atoms with Gasteiger partial charge in [0.25, 0.3) is 0 Å². The first-order valence-corrected chi connectivity index (χ1v) is 11.3. The molecule has 0 radical (unpaired) electrons. The van der Waals surface area contributed by atoms with Gasteiger partial charge in [-0.05, 0) is 49.6 Å². The Balaban J connectivity index is 1.61. The molecule has 2 aromatic rings. The fourth-order valence-corrected chi connectivity index (χ4v) is 4.51. The summed E-state index contributed by atoms with van der Waals surface area (Å²) in [4.78, 5) is 26.3. The first-order valence-electron chi connectivity index (χ1n) is 11.3. The number of Topliss-reactive ketones (excluding diaryl/α,β-unsaturated/α-hetero) is 1. The third kappa shape index (κ3) is 4.78. The fraction of sp³-hybridized carbons (Fsp3) is 0.333. The molecule has 1 atom stereocenters. The Morgan fingerprint density at radius 1 is 1.00 bits per heavy atom. The third-order valence-electron chi connectivity index (χ3n) is 6.07. The number of ether oxygens (including phenoxy) is 4. The lowest BCUT2D eigenvalue weighted by molar-refractivity contribution is -0.140. The SMILES string of the molecule is COc1ccc([C@@H]2C(C(=O)OCCOc3ccccc3)=C(C)NC3=C2C(=O)CCC3)cc1OC. The maximum atomic E-state index is 13.3. The van der Waals surface area contributed by atoms with Crippen LogP contribution in [0.15, 0.2) is 71.1 Å². The second-order valence-corrected chi connectivity index (χ2v) is 8.18. The van der Waals surface area contributed by atoms with E-state index in [1.807, 2.05) is 49.4 Å². The van der Waals surface area contributed by atoms with Crippen molar-refractivity contribution >= 4 is 11.8 Å². The molecule has 0 aromatic heterocycles. The summed E-state index contributed by atoms with van der Waals surface area (Å²) in [6, 6.07) is 14.8. The summed E-state index contributed by atoms with van der Waals surface area (Å²) in [5.74, 6) is 0.827. The molecule has 1 N–H and O–H groups in total. The Bertz CT molecular complexity index is 1140. The van der Waals surface area contributed by atoms with E-state index in [-0.39, 0.29) is 19.0 Å². The molecular formula is C27H29NO6. The first kappa shape index (κ1) is 23.4. The van der Waals surface area contributed by atoms with Crippen LogP contribution in [0.5, 0.6) is 17.2 Å². The van der Waals surface area contributed by atoms with Crippen molar-refractivity contribution in [3.05, 3.63) is 76.6 Å². The van der Waals surface area contributed by atoms with Gasteiger partial charge in [-0.25, -0.2) is 4.79 Å². The highest BCUT2D eigenvalue weighted by Gasteiger charge is 2.39. The molecule has 1 heterocycles. The highest BCUT2D eigenvalue weighted by molar-refractivity contribution is 6.03. The van der Waals surface area contributed by atoms with Crippen molar-refractivity contribution in [2.24, 2.45) is 0 Å². The van der Waals surface area contributed by atoms with E-state index in [1.165, 1.54) is 0 Å². The fourth-order valence-electron chi connectivity index (χ4n) is 4.51. The number of para-hydroxylation sites is 1. The van der Waals surface area contributed by atoms with Crippen molar-refractivity contribution in [3.8, 4) is 17.2 Å². The summed E-state index contributed by atoms with van der Waals surface area (Å²) in [6.07, 6.45) is 2.00. The molecular weight excluding hydrogens is 434 g/mol. The number of esters is 1.